The summed E-state index contributed by atoms with van der Waals surface area (Å²) in [5.41, 5.74) is 6.87. The van der Waals surface area contributed by atoms with Gasteiger partial charge in [-0.2, -0.15) is 0 Å². The number of anilines is 2. The van der Waals surface area contributed by atoms with E-state index in [4.69, 9.17) is 17.3 Å². The van der Waals surface area contributed by atoms with E-state index in [1.165, 1.54) is 0 Å². The van der Waals surface area contributed by atoms with Crippen LogP contribution in [0.3, 0.4) is 0 Å². The maximum atomic E-state index is 11.6. The van der Waals surface area contributed by atoms with E-state index in [-0.39, 0.29) is 11.8 Å². The van der Waals surface area contributed by atoms with Gasteiger partial charge in [0.25, 0.3) is 0 Å². The summed E-state index contributed by atoms with van der Waals surface area (Å²) in [5.74, 6) is 0.672. The Bertz CT molecular complexity index is 406. The molecule has 3 N–H and O–H groups in total. The van der Waals surface area contributed by atoms with Crippen LogP contribution in [0.15, 0.2) is 18.2 Å². The van der Waals surface area contributed by atoms with Gasteiger partial charge in [0.2, 0.25) is 5.91 Å². The van der Waals surface area contributed by atoms with E-state index in [2.05, 4.69) is 12.2 Å². The highest BCUT2D eigenvalue weighted by Crippen LogP contribution is 2.39. The second kappa shape index (κ2) is 3.74. The monoisotopic (exact) mass is 224 g/mol. The lowest BCUT2D eigenvalue weighted by Crippen LogP contribution is -2.15. The van der Waals surface area contributed by atoms with Gasteiger partial charge in [0.15, 0.2) is 0 Å². The Morgan fingerprint density at radius 1 is 1.60 bits per heavy atom. The number of carbonyl (C=O) groups excluding carboxylic acids is 1. The standard InChI is InChI=1S/C11H13ClN2O/c1-6-4-8(6)11(15)14-10-5-7(12)2-3-9(10)13/h2-3,5-6,8H,4,13H2,1H3,(H,14,15). The molecule has 0 spiro atoms. The predicted molar refractivity (Wildman–Crippen MR) is 61.8 cm³/mol. The van der Waals surface area contributed by atoms with Crippen LogP contribution in [0, 0.1) is 11.8 Å². The maximum absolute atomic E-state index is 11.6. The summed E-state index contributed by atoms with van der Waals surface area (Å²) in [4.78, 5) is 11.6. The second-order valence-corrected chi connectivity index (χ2v) is 4.48. The van der Waals surface area contributed by atoms with Crippen molar-refractivity contribution in [3.8, 4) is 0 Å². The highest BCUT2D eigenvalue weighted by molar-refractivity contribution is 6.31. The van der Waals surface area contributed by atoms with Gasteiger partial charge in [-0.05, 0) is 30.5 Å². The van der Waals surface area contributed by atoms with Crippen molar-refractivity contribution in [2.24, 2.45) is 11.8 Å². The first kappa shape index (κ1) is 10.3. The lowest BCUT2D eigenvalue weighted by Gasteiger charge is -2.07. The molecule has 2 unspecified atom stereocenters. The van der Waals surface area contributed by atoms with Crippen LogP contribution >= 0.6 is 11.6 Å². The molecule has 0 bridgehead atoms. The molecule has 1 aliphatic rings. The molecule has 1 saturated carbocycles. The van der Waals surface area contributed by atoms with Gasteiger partial charge in [0, 0.05) is 10.9 Å². The Hall–Kier alpha value is -1.22. The van der Waals surface area contributed by atoms with Crippen LogP contribution in [0.2, 0.25) is 5.02 Å². The summed E-state index contributed by atoms with van der Waals surface area (Å²) < 4.78 is 0. The third-order valence-corrected chi connectivity index (χ3v) is 2.95. The molecular weight excluding hydrogens is 212 g/mol. The smallest absolute Gasteiger partial charge is 0.227 e. The van der Waals surface area contributed by atoms with Crippen molar-refractivity contribution < 1.29 is 4.79 Å². The van der Waals surface area contributed by atoms with E-state index in [1.807, 2.05) is 0 Å². The summed E-state index contributed by atoms with van der Waals surface area (Å²) in [6.07, 6.45) is 0.965. The Kier molecular flexibility index (Phi) is 2.57. The molecule has 4 heteroatoms. The molecule has 1 amide bonds. The molecule has 1 aliphatic carbocycles. The zero-order chi connectivity index (χ0) is 11.0. The number of benzene rings is 1. The zero-order valence-corrected chi connectivity index (χ0v) is 9.21. The lowest BCUT2D eigenvalue weighted by atomic mass is 10.2. The van der Waals surface area contributed by atoms with Crippen molar-refractivity contribution in [3.63, 3.8) is 0 Å². The fourth-order valence-electron chi connectivity index (χ4n) is 1.55. The van der Waals surface area contributed by atoms with Crippen molar-refractivity contribution in [2.45, 2.75) is 13.3 Å². The summed E-state index contributed by atoms with van der Waals surface area (Å²) in [7, 11) is 0. The molecular formula is C11H13ClN2O. The van der Waals surface area contributed by atoms with E-state index in [0.29, 0.717) is 22.3 Å². The average molecular weight is 225 g/mol. The Morgan fingerprint density at radius 3 is 2.87 bits per heavy atom. The van der Waals surface area contributed by atoms with Crippen molar-refractivity contribution in [3.05, 3.63) is 23.2 Å². The minimum absolute atomic E-state index is 0.0384. The molecule has 2 rings (SSSR count). The van der Waals surface area contributed by atoms with Crippen LogP contribution in [0.25, 0.3) is 0 Å². The normalized spacial score (nSPS) is 23.6. The number of nitrogens with one attached hydrogen (secondary N) is 1. The molecule has 15 heavy (non-hydrogen) atoms. The van der Waals surface area contributed by atoms with Crippen molar-refractivity contribution in [1.29, 1.82) is 0 Å². The number of hydrogen-bond acceptors (Lipinski definition) is 2. The Labute approximate surface area is 93.6 Å². The van der Waals surface area contributed by atoms with Crippen molar-refractivity contribution in [2.75, 3.05) is 11.1 Å². The van der Waals surface area contributed by atoms with Crippen LogP contribution in [-0.2, 0) is 4.79 Å². The third kappa shape index (κ3) is 2.23. The van der Waals surface area contributed by atoms with Crippen LogP contribution in [-0.4, -0.2) is 5.91 Å². The van der Waals surface area contributed by atoms with Crippen LogP contribution in [0.5, 0.6) is 0 Å². The first-order valence-electron chi connectivity index (χ1n) is 4.94. The van der Waals surface area contributed by atoms with Crippen LogP contribution in [0.1, 0.15) is 13.3 Å². The molecule has 0 aromatic heterocycles. The fourth-order valence-corrected chi connectivity index (χ4v) is 1.72. The highest BCUT2D eigenvalue weighted by Gasteiger charge is 2.39. The topological polar surface area (TPSA) is 55.1 Å². The molecule has 3 nitrogen and oxygen atoms in total. The van der Waals surface area contributed by atoms with Gasteiger partial charge in [-0.25, -0.2) is 0 Å². The highest BCUT2D eigenvalue weighted by atomic mass is 35.5. The van der Waals surface area contributed by atoms with E-state index in [1.54, 1.807) is 18.2 Å². The SMILES string of the molecule is CC1CC1C(=O)Nc1cc(Cl)ccc1N. The summed E-state index contributed by atoms with van der Waals surface area (Å²) in [5, 5.41) is 3.37. The largest absolute Gasteiger partial charge is 0.397 e. The number of nitrogens with two attached hydrogens (primary N) is 1. The molecule has 1 aromatic rings. The molecule has 80 valence electrons. The molecule has 0 saturated heterocycles. The molecule has 0 heterocycles. The number of halogens is 1. The molecule has 0 radical (unpaired) electrons. The van der Waals surface area contributed by atoms with Crippen LogP contribution < -0.4 is 11.1 Å². The molecule has 2 atom stereocenters. The van der Waals surface area contributed by atoms with Gasteiger partial charge in [0.05, 0.1) is 11.4 Å². The fraction of sp³-hybridized carbons (Fsp3) is 0.364. The zero-order valence-electron chi connectivity index (χ0n) is 8.46. The first-order valence-corrected chi connectivity index (χ1v) is 5.31. The number of carbonyl (C=O) groups is 1. The second-order valence-electron chi connectivity index (χ2n) is 4.04. The summed E-state index contributed by atoms with van der Waals surface area (Å²) >= 11 is 5.82. The van der Waals surface area contributed by atoms with E-state index in [9.17, 15) is 4.79 Å². The molecule has 1 fully saturated rings. The number of amides is 1. The Balaban J connectivity index is 2.10. The van der Waals surface area contributed by atoms with E-state index in [0.717, 1.165) is 6.42 Å². The average Bonchev–Trinajstić information content (AvgIpc) is 2.89. The maximum Gasteiger partial charge on any atom is 0.227 e. The van der Waals surface area contributed by atoms with Gasteiger partial charge in [-0.15, -0.1) is 0 Å². The minimum atomic E-state index is 0.0384. The van der Waals surface area contributed by atoms with Gasteiger partial charge in [-0.1, -0.05) is 18.5 Å². The number of hydrogen-bond donors (Lipinski definition) is 2. The van der Waals surface area contributed by atoms with Gasteiger partial charge < -0.3 is 11.1 Å². The van der Waals surface area contributed by atoms with Gasteiger partial charge >= 0.3 is 0 Å². The van der Waals surface area contributed by atoms with Crippen molar-refractivity contribution >= 4 is 28.9 Å². The Morgan fingerprint density at radius 2 is 2.27 bits per heavy atom. The van der Waals surface area contributed by atoms with E-state index < -0.39 is 0 Å². The minimum Gasteiger partial charge on any atom is -0.397 e. The van der Waals surface area contributed by atoms with Crippen molar-refractivity contribution in [1.82, 2.24) is 0 Å². The first-order chi connectivity index (χ1) is 7.08. The summed E-state index contributed by atoms with van der Waals surface area (Å²) in [6, 6.07) is 5.06. The predicted octanol–water partition coefficient (Wildman–Crippen LogP) is 2.52. The summed E-state index contributed by atoms with van der Waals surface area (Å²) in [6.45, 7) is 2.06. The van der Waals surface area contributed by atoms with Crippen LogP contribution in [0.4, 0.5) is 11.4 Å². The quantitative estimate of drug-likeness (QED) is 0.759. The van der Waals surface area contributed by atoms with Gasteiger partial charge in [0.1, 0.15) is 0 Å². The number of rotatable bonds is 2. The lowest BCUT2D eigenvalue weighted by molar-refractivity contribution is -0.117. The third-order valence-electron chi connectivity index (χ3n) is 2.72. The van der Waals surface area contributed by atoms with Gasteiger partial charge in [-0.3, -0.25) is 4.79 Å². The molecule has 0 aliphatic heterocycles. The molecule has 1 aromatic carbocycles. The number of nitrogen functional groups attached to an aromatic ring is 1. The van der Waals surface area contributed by atoms with E-state index >= 15 is 0 Å².